The molecule has 0 saturated carbocycles. The van der Waals surface area contributed by atoms with Crippen LogP contribution in [-0.4, -0.2) is 21.1 Å². The zero-order valence-electron chi connectivity index (χ0n) is 17.0. The zero-order chi connectivity index (χ0) is 23.4. The first-order valence-corrected chi connectivity index (χ1v) is 12.1. The number of nitrogens with zero attached hydrogens (tertiary/aromatic N) is 1. The number of halogens is 2. The molecule has 1 saturated heterocycles. The molecule has 1 aliphatic heterocycles. The second kappa shape index (κ2) is 10.5. The first-order valence-electron chi connectivity index (χ1n) is 9.72. The molecule has 9 heteroatoms. The van der Waals surface area contributed by atoms with E-state index in [9.17, 15) is 9.59 Å². The standard InChI is InChI=1S/C24H16BrClN2O3S2/c25-18-11-9-15(10-12-18)22(29)27-28-23(30)21(33-24(28)32)13-16-5-2-4-8-20(16)31-14-17-6-1-3-7-19(17)26/h1-13H,14H2,(H,27,29)/b21-13+. The Balaban J connectivity index is 1.50. The number of benzene rings is 3. The smallest absolute Gasteiger partial charge is 0.285 e. The molecule has 3 aromatic carbocycles. The maximum atomic E-state index is 12.9. The lowest BCUT2D eigenvalue weighted by Crippen LogP contribution is -2.44. The van der Waals surface area contributed by atoms with Crippen molar-refractivity contribution in [1.29, 1.82) is 0 Å². The van der Waals surface area contributed by atoms with E-state index in [1.54, 1.807) is 36.4 Å². The summed E-state index contributed by atoms with van der Waals surface area (Å²) in [6.07, 6.45) is 1.70. The molecule has 1 fully saturated rings. The van der Waals surface area contributed by atoms with Crippen molar-refractivity contribution in [1.82, 2.24) is 10.4 Å². The average molecular weight is 560 g/mol. The van der Waals surface area contributed by atoms with Crippen molar-refractivity contribution in [3.63, 3.8) is 0 Å². The van der Waals surface area contributed by atoms with Crippen molar-refractivity contribution >= 4 is 73.7 Å². The highest BCUT2D eigenvalue weighted by atomic mass is 79.9. The van der Waals surface area contributed by atoms with E-state index in [2.05, 4.69) is 21.4 Å². The Hall–Kier alpha value is -2.65. The third-order valence-corrected chi connectivity index (χ3v) is 6.86. The van der Waals surface area contributed by atoms with Gasteiger partial charge in [0.25, 0.3) is 11.8 Å². The van der Waals surface area contributed by atoms with Gasteiger partial charge in [-0.1, -0.05) is 75.7 Å². The van der Waals surface area contributed by atoms with Gasteiger partial charge in [-0.05, 0) is 54.7 Å². The Morgan fingerprint density at radius 1 is 1.09 bits per heavy atom. The number of thiocarbonyl (C=S) groups is 1. The number of amides is 2. The summed E-state index contributed by atoms with van der Waals surface area (Å²) in [7, 11) is 0. The van der Waals surface area contributed by atoms with Crippen LogP contribution < -0.4 is 10.2 Å². The number of rotatable bonds is 6. The Kier molecular flexibility index (Phi) is 7.49. The third-order valence-electron chi connectivity index (χ3n) is 4.66. The number of hydrogen-bond donors (Lipinski definition) is 1. The van der Waals surface area contributed by atoms with Gasteiger partial charge < -0.3 is 4.74 Å². The van der Waals surface area contributed by atoms with E-state index < -0.39 is 11.8 Å². The van der Waals surface area contributed by atoms with Crippen molar-refractivity contribution in [2.45, 2.75) is 6.61 Å². The molecule has 0 aromatic heterocycles. The highest BCUT2D eigenvalue weighted by Crippen LogP contribution is 2.33. The maximum absolute atomic E-state index is 12.9. The van der Waals surface area contributed by atoms with Crippen LogP contribution in [0.3, 0.4) is 0 Å². The van der Waals surface area contributed by atoms with E-state index in [0.717, 1.165) is 26.8 Å². The summed E-state index contributed by atoms with van der Waals surface area (Å²) in [5, 5.41) is 1.71. The van der Waals surface area contributed by atoms with Crippen molar-refractivity contribution in [3.8, 4) is 5.75 Å². The first kappa shape index (κ1) is 23.5. The fraction of sp³-hybridized carbons (Fsp3) is 0.0417. The lowest BCUT2D eigenvalue weighted by molar-refractivity contribution is -0.123. The lowest BCUT2D eigenvalue weighted by Gasteiger charge is -2.15. The number of carbonyl (C=O) groups excluding carboxylic acids is 2. The largest absolute Gasteiger partial charge is 0.488 e. The molecule has 4 rings (SSSR count). The normalized spacial score (nSPS) is 14.6. The molecule has 0 spiro atoms. The minimum Gasteiger partial charge on any atom is -0.488 e. The average Bonchev–Trinajstić information content (AvgIpc) is 3.07. The molecule has 0 unspecified atom stereocenters. The number of carbonyl (C=O) groups is 2. The van der Waals surface area contributed by atoms with Crippen molar-refractivity contribution in [2.75, 3.05) is 0 Å². The predicted octanol–water partition coefficient (Wildman–Crippen LogP) is 6.23. The van der Waals surface area contributed by atoms with Gasteiger partial charge in [0.2, 0.25) is 0 Å². The summed E-state index contributed by atoms with van der Waals surface area (Å²) in [4.78, 5) is 25.9. The van der Waals surface area contributed by atoms with E-state index in [4.69, 9.17) is 28.6 Å². The highest BCUT2D eigenvalue weighted by Gasteiger charge is 2.34. The highest BCUT2D eigenvalue weighted by molar-refractivity contribution is 9.10. The third kappa shape index (κ3) is 5.65. The Morgan fingerprint density at radius 3 is 2.55 bits per heavy atom. The van der Waals surface area contributed by atoms with Gasteiger partial charge in [-0.2, -0.15) is 5.01 Å². The van der Waals surface area contributed by atoms with Crippen LogP contribution >= 0.6 is 51.5 Å². The summed E-state index contributed by atoms with van der Waals surface area (Å²) >= 11 is 16.0. The van der Waals surface area contributed by atoms with Gasteiger partial charge in [-0.3, -0.25) is 15.0 Å². The molecule has 1 N–H and O–H groups in total. The molecule has 2 amide bonds. The van der Waals surface area contributed by atoms with Crippen LogP contribution in [0.4, 0.5) is 0 Å². The second-order valence-electron chi connectivity index (χ2n) is 6.88. The van der Waals surface area contributed by atoms with Crippen LogP contribution in [0.2, 0.25) is 5.02 Å². The molecular formula is C24H16BrClN2O3S2. The Morgan fingerprint density at radius 2 is 1.79 bits per heavy atom. The molecule has 5 nitrogen and oxygen atoms in total. The lowest BCUT2D eigenvalue weighted by atomic mass is 10.1. The molecule has 1 aliphatic rings. The molecule has 3 aromatic rings. The van der Waals surface area contributed by atoms with Crippen LogP contribution in [0.5, 0.6) is 5.75 Å². The second-order valence-corrected chi connectivity index (χ2v) is 9.88. The van der Waals surface area contributed by atoms with Gasteiger partial charge in [0.15, 0.2) is 4.32 Å². The number of para-hydroxylation sites is 1. The molecule has 166 valence electrons. The quantitative estimate of drug-likeness (QED) is 0.287. The number of ether oxygens (including phenoxy) is 1. The molecule has 0 atom stereocenters. The predicted molar refractivity (Wildman–Crippen MR) is 139 cm³/mol. The van der Waals surface area contributed by atoms with E-state index in [0.29, 0.717) is 26.8 Å². The fourth-order valence-corrected chi connectivity index (χ4v) is 4.60. The van der Waals surface area contributed by atoms with Crippen LogP contribution in [0.1, 0.15) is 21.5 Å². The molecule has 1 heterocycles. The van der Waals surface area contributed by atoms with Gasteiger partial charge in [-0.15, -0.1) is 0 Å². The summed E-state index contributed by atoms with van der Waals surface area (Å²) in [6.45, 7) is 0.286. The Labute approximate surface area is 213 Å². The number of hydrogen-bond acceptors (Lipinski definition) is 5. The van der Waals surface area contributed by atoms with Gasteiger partial charge >= 0.3 is 0 Å². The maximum Gasteiger partial charge on any atom is 0.285 e. The van der Waals surface area contributed by atoms with Crippen molar-refractivity contribution in [3.05, 3.63) is 104 Å². The topological polar surface area (TPSA) is 58.6 Å². The zero-order valence-corrected chi connectivity index (χ0v) is 20.9. The fourth-order valence-electron chi connectivity index (χ4n) is 2.97. The van der Waals surface area contributed by atoms with Crippen molar-refractivity contribution in [2.24, 2.45) is 0 Å². The van der Waals surface area contributed by atoms with Gasteiger partial charge in [0.1, 0.15) is 12.4 Å². The molecule has 0 aliphatic carbocycles. The molecule has 33 heavy (non-hydrogen) atoms. The number of thioether (sulfide) groups is 1. The Bertz CT molecular complexity index is 1260. The van der Waals surface area contributed by atoms with Crippen LogP contribution in [0, 0.1) is 0 Å². The summed E-state index contributed by atoms with van der Waals surface area (Å²) < 4.78 is 7.06. The number of nitrogens with one attached hydrogen (secondary N) is 1. The summed E-state index contributed by atoms with van der Waals surface area (Å²) in [5.74, 6) is -0.235. The van der Waals surface area contributed by atoms with E-state index in [1.165, 1.54) is 0 Å². The van der Waals surface area contributed by atoms with Crippen LogP contribution in [-0.2, 0) is 11.4 Å². The van der Waals surface area contributed by atoms with E-state index in [1.807, 2.05) is 42.5 Å². The van der Waals surface area contributed by atoms with Gasteiger partial charge in [-0.25, -0.2) is 0 Å². The van der Waals surface area contributed by atoms with Crippen molar-refractivity contribution < 1.29 is 14.3 Å². The summed E-state index contributed by atoms with van der Waals surface area (Å²) in [5.41, 5.74) is 4.56. The van der Waals surface area contributed by atoms with Crippen LogP contribution in [0.15, 0.2) is 82.2 Å². The molecular weight excluding hydrogens is 544 g/mol. The minimum absolute atomic E-state index is 0.242. The van der Waals surface area contributed by atoms with Crippen LogP contribution in [0.25, 0.3) is 6.08 Å². The number of hydrazine groups is 1. The molecule has 0 radical (unpaired) electrons. The SMILES string of the molecule is O=C(NN1C(=O)/C(=C\c2ccccc2OCc2ccccc2Cl)SC1=S)c1ccc(Br)cc1. The molecule has 0 bridgehead atoms. The van der Waals surface area contributed by atoms with Gasteiger partial charge in [0.05, 0.1) is 4.91 Å². The van der Waals surface area contributed by atoms with E-state index >= 15 is 0 Å². The first-order chi connectivity index (χ1) is 15.9. The van der Waals surface area contributed by atoms with Gasteiger partial charge in [0, 0.05) is 26.2 Å². The minimum atomic E-state index is -0.427. The summed E-state index contributed by atoms with van der Waals surface area (Å²) in [6, 6.07) is 21.6. The van der Waals surface area contributed by atoms with E-state index in [-0.39, 0.29) is 10.9 Å². The monoisotopic (exact) mass is 558 g/mol.